The van der Waals surface area contributed by atoms with E-state index in [-0.39, 0.29) is 11.9 Å². The summed E-state index contributed by atoms with van der Waals surface area (Å²) < 4.78 is 35.6. The molecular weight excluding hydrogens is 404 g/mol. The fourth-order valence-electron chi connectivity index (χ4n) is 3.40. The highest BCUT2D eigenvalue weighted by Gasteiger charge is 2.27. The van der Waals surface area contributed by atoms with Gasteiger partial charge in [-0.1, -0.05) is 19.1 Å². The van der Waals surface area contributed by atoms with Gasteiger partial charge >= 0.3 is 6.61 Å². The molecule has 164 valence electrons. The standard InChI is InChI=1S/C22H25F2N5O2/c1-13-5-6-16(9-14(13)2)17-7-8-29(28-17)22(26-12-25)27-18-11-19(31-21(23)24)15(3)10-20(18)30-4/h5-6,9-11,15,19,21H,7-8H2,1-4H3,(H,26,27). The van der Waals surface area contributed by atoms with Crippen molar-refractivity contribution in [2.75, 3.05) is 13.7 Å². The van der Waals surface area contributed by atoms with E-state index in [1.54, 1.807) is 18.0 Å². The van der Waals surface area contributed by atoms with Crippen LogP contribution in [0.15, 0.2) is 51.9 Å². The van der Waals surface area contributed by atoms with E-state index in [4.69, 9.17) is 4.74 Å². The highest BCUT2D eigenvalue weighted by molar-refractivity contribution is 6.03. The lowest BCUT2D eigenvalue weighted by Crippen LogP contribution is -2.35. The van der Waals surface area contributed by atoms with Crippen LogP contribution < -0.4 is 5.32 Å². The predicted molar refractivity (Wildman–Crippen MR) is 113 cm³/mol. The number of hydrazone groups is 1. The summed E-state index contributed by atoms with van der Waals surface area (Å²) in [6, 6.07) is 6.14. The van der Waals surface area contributed by atoms with E-state index in [0.29, 0.717) is 24.4 Å². The first-order chi connectivity index (χ1) is 14.8. The molecule has 1 heterocycles. The first-order valence-electron chi connectivity index (χ1n) is 9.90. The van der Waals surface area contributed by atoms with Crippen molar-refractivity contribution in [1.82, 2.24) is 10.3 Å². The van der Waals surface area contributed by atoms with Gasteiger partial charge in [0.1, 0.15) is 11.5 Å². The Morgan fingerprint density at radius 3 is 2.74 bits per heavy atom. The number of guanidine groups is 1. The minimum absolute atomic E-state index is 0.181. The summed E-state index contributed by atoms with van der Waals surface area (Å²) in [7, 11) is 1.47. The van der Waals surface area contributed by atoms with Crippen molar-refractivity contribution < 1.29 is 18.3 Å². The summed E-state index contributed by atoms with van der Waals surface area (Å²) in [5.41, 5.74) is 4.55. The zero-order chi connectivity index (χ0) is 22.5. The van der Waals surface area contributed by atoms with Crippen molar-refractivity contribution in [1.29, 1.82) is 5.26 Å². The number of nitrogens with one attached hydrogen (secondary N) is 1. The van der Waals surface area contributed by atoms with E-state index in [2.05, 4.69) is 26.2 Å². The molecule has 0 aromatic heterocycles. The average Bonchev–Trinajstić information content (AvgIpc) is 3.21. The van der Waals surface area contributed by atoms with Gasteiger partial charge in [-0.15, -0.1) is 0 Å². The topological polar surface area (TPSA) is 82.2 Å². The van der Waals surface area contributed by atoms with Crippen LogP contribution in [-0.4, -0.2) is 43.1 Å². The lowest BCUT2D eigenvalue weighted by atomic mass is 9.97. The summed E-state index contributed by atoms with van der Waals surface area (Å²) in [5, 5.41) is 17.9. The second-order valence-electron chi connectivity index (χ2n) is 7.40. The number of aryl methyl sites for hydroxylation is 2. The summed E-state index contributed by atoms with van der Waals surface area (Å²) in [6.07, 6.45) is 4.81. The van der Waals surface area contributed by atoms with E-state index in [0.717, 1.165) is 11.3 Å². The largest absolute Gasteiger partial charge is 0.495 e. The maximum absolute atomic E-state index is 12.8. The normalized spacial score (nSPS) is 21.4. The maximum atomic E-state index is 12.8. The van der Waals surface area contributed by atoms with Gasteiger partial charge in [0.05, 0.1) is 25.5 Å². The number of nitriles is 1. The molecule has 2 unspecified atom stereocenters. The van der Waals surface area contributed by atoms with Crippen molar-refractivity contribution in [2.45, 2.75) is 39.9 Å². The number of halogens is 2. The maximum Gasteiger partial charge on any atom is 0.345 e. The van der Waals surface area contributed by atoms with Gasteiger partial charge in [-0.25, -0.2) is 10.0 Å². The third kappa shape index (κ3) is 5.27. The smallest absolute Gasteiger partial charge is 0.345 e. The molecule has 3 rings (SSSR count). The van der Waals surface area contributed by atoms with Crippen molar-refractivity contribution >= 4 is 11.7 Å². The monoisotopic (exact) mass is 429 g/mol. The second kappa shape index (κ2) is 9.71. The lowest BCUT2D eigenvalue weighted by molar-refractivity contribution is -0.157. The van der Waals surface area contributed by atoms with Gasteiger partial charge in [-0.3, -0.25) is 5.32 Å². The molecule has 2 aliphatic rings. The highest BCUT2D eigenvalue weighted by Crippen LogP contribution is 2.28. The lowest BCUT2D eigenvalue weighted by Gasteiger charge is -2.25. The van der Waals surface area contributed by atoms with E-state index < -0.39 is 12.7 Å². The van der Waals surface area contributed by atoms with Gasteiger partial charge in [0.2, 0.25) is 5.96 Å². The minimum Gasteiger partial charge on any atom is -0.495 e. The van der Waals surface area contributed by atoms with Crippen LogP contribution in [0, 0.1) is 31.2 Å². The Hall–Kier alpha value is -3.25. The Labute approximate surface area is 180 Å². The molecule has 31 heavy (non-hydrogen) atoms. The third-order valence-electron chi connectivity index (χ3n) is 5.27. The van der Waals surface area contributed by atoms with Crippen LogP contribution in [0.1, 0.15) is 30.0 Å². The van der Waals surface area contributed by atoms with E-state index in [1.165, 1.54) is 24.3 Å². The number of aliphatic imine (C=N–C) groups is 1. The molecule has 0 amide bonds. The minimum atomic E-state index is -2.91. The Morgan fingerprint density at radius 2 is 2.10 bits per heavy atom. The Kier molecular flexibility index (Phi) is 7.02. The van der Waals surface area contributed by atoms with Crippen LogP contribution in [0.5, 0.6) is 0 Å². The molecular formula is C22H25F2N5O2. The molecule has 0 radical (unpaired) electrons. The Morgan fingerprint density at radius 1 is 1.32 bits per heavy atom. The second-order valence-corrected chi connectivity index (χ2v) is 7.40. The molecule has 1 aromatic carbocycles. The summed E-state index contributed by atoms with van der Waals surface area (Å²) in [4.78, 5) is 4.46. The number of ether oxygens (including phenoxy) is 2. The van der Waals surface area contributed by atoms with Crippen LogP contribution >= 0.6 is 0 Å². The number of benzene rings is 1. The molecule has 0 spiro atoms. The summed E-state index contributed by atoms with van der Waals surface area (Å²) in [6.45, 7) is 3.45. The summed E-state index contributed by atoms with van der Waals surface area (Å²) in [5.74, 6) is 0.272. The third-order valence-corrected chi connectivity index (χ3v) is 5.27. The number of hydrogen-bond acceptors (Lipinski definition) is 5. The van der Waals surface area contributed by atoms with Crippen LogP contribution in [0.3, 0.4) is 0 Å². The van der Waals surface area contributed by atoms with Gasteiger partial charge in [0, 0.05) is 12.3 Å². The van der Waals surface area contributed by atoms with Crippen LogP contribution in [0.4, 0.5) is 8.78 Å². The Balaban J connectivity index is 1.91. The van der Waals surface area contributed by atoms with E-state index in [9.17, 15) is 14.0 Å². The molecule has 2 atom stereocenters. The van der Waals surface area contributed by atoms with Crippen LogP contribution in [0.25, 0.3) is 0 Å². The number of rotatable bonds is 5. The molecule has 1 aliphatic heterocycles. The zero-order valence-corrected chi connectivity index (χ0v) is 17.9. The van der Waals surface area contributed by atoms with Gasteiger partial charge in [0.25, 0.3) is 0 Å². The molecule has 0 bridgehead atoms. The van der Waals surface area contributed by atoms with Crippen molar-refractivity contribution in [3.63, 3.8) is 0 Å². The van der Waals surface area contributed by atoms with Crippen molar-refractivity contribution in [3.05, 3.63) is 58.5 Å². The van der Waals surface area contributed by atoms with Gasteiger partial charge in [-0.2, -0.15) is 19.1 Å². The predicted octanol–water partition coefficient (Wildman–Crippen LogP) is 3.81. The molecule has 9 heteroatoms. The Bertz CT molecular complexity index is 994. The molecule has 1 aromatic rings. The van der Waals surface area contributed by atoms with Gasteiger partial charge in [-0.05, 0) is 48.8 Å². The van der Waals surface area contributed by atoms with Crippen LogP contribution in [-0.2, 0) is 9.47 Å². The fourth-order valence-corrected chi connectivity index (χ4v) is 3.40. The first-order valence-corrected chi connectivity index (χ1v) is 9.90. The first kappa shape index (κ1) is 22.4. The number of methoxy groups -OCH3 is 1. The average molecular weight is 429 g/mol. The number of nitrogens with zero attached hydrogens (tertiary/aromatic N) is 4. The van der Waals surface area contributed by atoms with Crippen molar-refractivity contribution in [3.8, 4) is 6.19 Å². The molecule has 7 nitrogen and oxygen atoms in total. The highest BCUT2D eigenvalue weighted by atomic mass is 19.3. The zero-order valence-electron chi connectivity index (χ0n) is 17.9. The van der Waals surface area contributed by atoms with Gasteiger partial charge < -0.3 is 9.47 Å². The van der Waals surface area contributed by atoms with Gasteiger partial charge in [0.15, 0.2) is 6.19 Å². The van der Waals surface area contributed by atoms with E-state index >= 15 is 0 Å². The fraction of sp³-hybridized carbons (Fsp3) is 0.409. The van der Waals surface area contributed by atoms with E-state index in [1.807, 2.05) is 32.2 Å². The van der Waals surface area contributed by atoms with Crippen LogP contribution in [0.2, 0.25) is 0 Å². The SMILES string of the molecule is COC1=CC(C)C(OC(F)F)C=C1N=C(NC#N)N1CCC(c2ccc(C)c(C)c2)=N1. The quantitative estimate of drug-likeness (QED) is 0.333. The molecule has 1 aliphatic carbocycles. The summed E-state index contributed by atoms with van der Waals surface area (Å²) >= 11 is 0. The molecule has 0 saturated heterocycles. The molecule has 1 N–H and O–H groups in total. The number of alkyl halides is 2. The molecule has 0 fully saturated rings. The molecule has 0 saturated carbocycles. The van der Waals surface area contributed by atoms with Crippen molar-refractivity contribution in [2.24, 2.45) is 16.0 Å². The number of hydrogen-bond donors (Lipinski definition) is 1.